The SMILES string of the molecule is N#Cc1cc(F)c(-n2ncc(Cl)c(Cl)c2=O)cc1F. The first-order valence-electron chi connectivity index (χ1n) is 4.78. The summed E-state index contributed by atoms with van der Waals surface area (Å²) in [6, 6.07) is 2.83. The topological polar surface area (TPSA) is 58.7 Å². The number of halogens is 4. The van der Waals surface area contributed by atoms with Crippen molar-refractivity contribution in [3.05, 3.63) is 55.9 Å². The van der Waals surface area contributed by atoms with Crippen molar-refractivity contribution in [1.29, 1.82) is 5.26 Å². The number of benzene rings is 1. The Labute approximate surface area is 115 Å². The third-order valence-corrected chi connectivity index (χ3v) is 3.01. The van der Waals surface area contributed by atoms with Crippen LogP contribution in [0, 0.1) is 23.0 Å². The molecule has 4 nitrogen and oxygen atoms in total. The first kappa shape index (κ1) is 13.5. The second-order valence-electron chi connectivity index (χ2n) is 3.42. The summed E-state index contributed by atoms with van der Waals surface area (Å²) in [7, 11) is 0. The van der Waals surface area contributed by atoms with Crippen molar-refractivity contribution in [2.24, 2.45) is 0 Å². The van der Waals surface area contributed by atoms with Crippen molar-refractivity contribution in [2.75, 3.05) is 0 Å². The van der Waals surface area contributed by atoms with Gasteiger partial charge >= 0.3 is 0 Å². The minimum Gasteiger partial charge on any atom is -0.266 e. The largest absolute Gasteiger partial charge is 0.291 e. The van der Waals surface area contributed by atoms with Gasteiger partial charge in [-0.2, -0.15) is 15.0 Å². The molecule has 19 heavy (non-hydrogen) atoms. The van der Waals surface area contributed by atoms with Gasteiger partial charge in [0, 0.05) is 6.07 Å². The Balaban J connectivity index is 2.74. The molecule has 0 atom stereocenters. The lowest BCUT2D eigenvalue weighted by Gasteiger charge is -2.07. The molecule has 0 aliphatic rings. The summed E-state index contributed by atoms with van der Waals surface area (Å²) in [5, 5.41) is 11.7. The van der Waals surface area contributed by atoms with E-state index in [-0.39, 0.29) is 10.0 Å². The summed E-state index contributed by atoms with van der Waals surface area (Å²) in [5.41, 5.74) is -1.83. The van der Waals surface area contributed by atoms with Gasteiger partial charge in [-0.1, -0.05) is 23.2 Å². The van der Waals surface area contributed by atoms with Crippen molar-refractivity contribution in [3.63, 3.8) is 0 Å². The number of nitrogens with zero attached hydrogens (tertiary/aromatic N) is 3. The fourth-order valence-corrected chi connectivity index (χ4v) is 1.62. The Hall–Kier alpha value is -1.97. The van der Waals surface area contributed by atoms with Crippen molar-refractivity contribution in [2.45, 2.75) is 0 Å². The number of rotatable bonds is 1. The van der Waals surface area contributed by atoms with E-state index >= 15 is 0 Å². The molecular formula is C11H3Cl2F2N3O. The molecule has 0 aliphatic heterocycles. The van der Waals surface area contributed by atoms with Crippen molar-refractivity contribution < 1.29 is 8.78 Å². The standard InChI is InChI=1S/C11H3Cl2F2N3O/c12-6-4-17-18(11(19)10(6)13)9-2-7(14)5(3-16)1-8(9)15/h1-2,4H. The fraction of sp³-hybridized carbons (Fsp3) is 0. The van der Waals surface area contributed by atoms with Crippen LogP contribution in [0.5, 0.6) is 0 Å². The predicted octanol–water partition coefficient (Wildman–Crippen LogP) is 2.69. The van der Waals surface area contributed by atoms with Crippen LogP contribution in [0.25, 0.3) is 5.69 Å². The summed E-state index contributed by atoms with van der Waals surface area (Å²) >= 11 is 11.2. The van der Waals surface area contributed by atoms with Crippen LogP contribution in [-0.4, -0.2) is 9.78 Å². The zero-order chi connectivity index (χ0) is 14.2. The van der Waals surface area contributed by atoms with Crippen LogP contribution >= 0.6 is 23.2 Å². The van der Waals surface area contributed by atoms with Gasteiger partial charge < -0.3 is 0 Å². The number of hydrogen-bond acceptors (Lipinski definition) is 3. The summed E-state index contributed by atoms with van der Waals surface area (Å²) < 4.78 is 27.7. The van der Waals surface area contributed by atoms with Crippen molar-refractivity contribution >= 4 is 23.2 Å². The molecule has 0 unspecified atom stereocenters. The van der Waals surface area contributed by atoms with E-state index in [9.17, 15) is 13.6 Å². The third kappa shape index (κ3) is 2.30. The molecule has 0 radical (unpaired) electrons. The lowest BCUT2D eigenvalue weighted by Crippen LogP contribution is -2.22. The van der Waals surface area contributed by atoms with Gasteiger partial charge in [-0.25, -0.2) is 8.78 Å². The first-order chi connectivity index (χ1) is 8.95. The Morgan fingerprint density at radius 2 is 1.95 bits per heavy atom. The highest BCUT2D eigenvalue weighted by Crippen LogP contribution is 2.19. The lowest BCUT2D eigenvalue weighted by atomic mass is 10.2. The van der Waals surface area contributed by atoms with E-state index in [1.165, 1.54) is 6.07 Å². The molecule has 0 saturated heterocycles. The number of aromatic nitrogens is 2. The molecule has 8 heteroatoms. The average Bonchev–Trinajstić information content (AvgIpc) is 2.39. The average molecular weight is 302 g/mol. The van der Waals surface area contributed by atoms with E-state index in [0.717, 1.165) is 6.20 Å². The van der Waals surface area contributed by atoms with Gasteiger partial charge in [0.25, 0.3) is 5.56 Å². The molecule has 1 aromatic carbocycles. The maximum absolute atomic E-state index is 13.7. The minimum absolute atomic E-state index is 0.0996. The summed E-state index contributed by atoms with van der Waals surface area (Å²) in [4.78, 5) is 11.7. The van der Waals surface area contributed by atoms with Gasteiger partial charge in [-0.05, 0) is 6.07 Å². The summed E-state index contributed by atoms with van der Waals surface area (Å²) in [6.07, 6.45) is 1.03. The summed E-state index contributed by atoms with van der Waals surface area (Å²) in [5.74, 6) is -1.95. The maximum Gasteiger partial charge on any atom is 0.291 e. The second-order valence-corrected chi connectivity index (χ2v) is 4.20. The third-order valence-electron chi connectivity index (χ3n) is 2.26. The van der Waals surface area contributed by atoms with Gasteiger partial charge in [0.1, 0.15) is 22.6 Å². The molecule has 2 rings (SSSR count). The maximum atomic E-state index is 13.7. The van der Waals surface area contributed by atoms with E-state index in [0.29, 0.717) is 16.8 Å². The minimum atomic E-state index is -0.981. The molecule has 0 fully saturated rings. The van der Waals surface area contributed by atoms with Gasteiger partial charge in [0.2, 0.25) is 0 Å². The molecular weight excluding hydrogens is 299 g/mol. The second kappa shape index (κ2) is 4.96. The molecule has 0 saturated carbocycles. The highest BCUT2D eigenvalue weighted by atomic mass is 35.5. The van der Waals surface area contributed by atoms with Crippen LogP contribution < -0.4 is 5.56 Å². The van der Waals surface area contributed by atoms with E-state index in [1.807, 2.05) is 0 Å². The molecule has 1 aromatic heterocycles. The van der Waals surface area contributed by atoms with E-state index < -0.39 is 28.4 Å². The molecule has 0 amide bonds. The van der Waals surface area contributed by atoms with Crippen LogP contribution in [-0.2, 0) is 0 Å². The zero-order valence-corrected chi connectivity index (χ0v) is 10.5. The van der Waals surface area contributed by atoms with Crippen LogP contribution in [0.3, 0.4) is 0 Å². The Kier molecular flexibility index (Phi) is 3.51. The first-order valence-corrected chi connectivity index (χ1v) is 5.54. The number of nitriles is 1. The van der Waals surface area contributed by atoms with Crippen LogP contribution in [0.2, 0.25) is 10.0 Å². The fourth-order valence-electron chi connectivity index (χ4n) is 1.37. The number of hydrogen-bond donors (Lipinski definition) is 0. The Morgan fingerprint density at radius 3 is 2.58 bits per heavy atom. The van der Waals surface area contributed by atoms with Crippen molar-refractivity contribution in [3.8, 4) is 11.8 Å². The van der Waals surface area contributed by atoms with Crippen LogP contribution in [0.1, 0.15) is 5.56 Å². The van der Waals surface area contributed by atoms with E-state index in [4.69, 9.17) is 28.5 Å². The highest BCUT2D eigenvalue weighted by molar-refractivity contribution is 6.41. The molecule has 0 aliphatic carbocycles. The monoisotopic (exact) mass is 301 g/mol. The Morgan fingerprint density at radius 1 is 1.26 bits per heavy atom. The van der Waals surface area contributed by atoms with Gasteiger partial charge in [0.15, 0.2) is 5.82 Å². The smallest absolute Gasteiger partial charge is 0.266 e. The predicted molar refractivity (Wildman–Crippen MR) is 64.5 cm³/mol. The van der Waals surface area contributed by atoms with Gasteiger partial charge in [0.05, 0.1) is 16.8 Å². The molecule has 96 valence electrons. The van der Waals surface area contributed by atoms with E-state index in [1.54, 1.807) is 0 Å². The highest BCUT2D eigenvalue weighted by Gasteiger charge is 2.15. The lowest BCUT2D eigenvalue weighted by molar-refractivity contribution is 0.580. The van der Waals surface area contributed by atoms with Crippen LogP contribution in [0.15, 0.2) is 23.1 Å². The molecule has 2 aromatic rings. The van der Waals surface area contributed by atoms with Gasteiger partial charge in [-0.15, -0.1) is 0 Å². The zero-order valence-electron chi connectivity index (χ0n) is 8.99. The van der Waals surface area contributed by atoms with Crippen LogP contribution in [0.4, 0.5) is 8.78 Å². The van der Waals surface area contributed by atoms with Crippen molar-refractivity contribution in [1.82, 2.24) is 9.78 Å². The summed E-state index contributed by atoms with van der Waals surface area (Å²) in [6.45, 7) is 0. The molecule has 0 N–H and O–H groups in total. The molecule has 1 heterocycles. The Bertz CT molecular complexity index is 768. The van der Waals surface area contributed by atoms with E-state index in [2.05, 4.69) is 5.10 Å². The molecule has 0 spiro atoms. The molecule has 0 bridgehead atoms. The normalized spacial score (nSPS) is 10.3. The quantitative estimate of drug-likeness (QED) is 0.813. The van der Waals surface area contributed by atoms with Gasteiger partial charge in [-0.3, -0.25) is 4.79 Å².